The Labute approximate surface area is 268 Å². The number of nitrogens with one attached hydrogen (secondary N) is 2. The van der Waals surface area contributed by atoms with Gasteiger partial charge in [-0.3, -0.25) is 9.52 Å². The van der Waals surface area contributed by atoms with E-state index in [9.17, 15) is 36.3 Å². The number of hydrogen-bond donors (Lipinski definition) is 3. The Kier molecular flexibility index (Phi) is 12.7. The Morgan fingerprint density at radius 1 is 1.13 bits per heavy atom. The second kappa shape index (κ2) is 15.8. The molecule has 0 fully saturated rings. The lowest BCUT2D eigenvalue weighted by Gasteiger charge is -2.35. The van der Waals surface area contributed by atoms with Crippen LogP contribution in [-0.2, 0) is 20.9 Å². The summed E-state index contributed by atoms with van der Waals surface area (Å²) >= 11 is 0. The predicted octanol–water partition coefficient (Wildman–Crippen LogP) is 5.04. The number of carbonyl (C=O) groups is 2. The lowest BCUT2D eigenvalue weighted by Crippen LogP contribution is -2.48. The van der Waals surface area contributed by atoms with Crippen LogP contribution in [0.2, 0.25) is 0 Å². The van der Waals surface area contributed by atoms with Gasteiger partial charge in [0, 0.05) is 44.0 Å². The fourth-order valence-electron chi connectivity index (χ4n) is 4.98. The number of nitrogens with zero attached hydrogens (tertiary/aromatic N) is 2. The molecule has 256 valence electrons. The molecule has 0 bridgehead atoms. The third-order valence-corrected chi connectivity index (χ3v) is 8.23. The smallest absolute Gasteiger partial charge is 0.416 e. The van der Waals surface area contributed by atoms with Crippen molar-refractivity contribution in [2.24, 2.45) is 5.92 Å². The Hall–Kier alpha value is -3.56. The normalized spacial score (nSPS) is 20.9. The van der Waals surface area contributed by atoms with Gasteiger partial charge in [-0.05, 0) is 75.6 Å². The molecular weight excluding hydrogens is 629 g/mol. The molecule has 0 saturated carbocycles. The molecule has 1 heterocycles. The Morgan fingerprint density at radius 2 is 1.78 bits per heavy atom. The quantitative estimate of drug-likeness (QED) is 0.375. The van der Waals surface area contributed by atoms with Crippen LogP contribution in [0.15, 0.2) is 42.5 Å². The molecule has 11 nitrogen and oxygen atoms in total. The van der Waals surface area contributed by atoms with Gasteiger partial charge in [0.1, 0.15) is 5.75 Å². The second-order valence-electron chi connectivity index (χ2n) is 11.8. The second-order valence-corrected chi connectivity index (χ2v) is 13.5. The molecule has 0 saturated heterocycles. The minimum atomic E-state index is -4.50. The van der Waals surface area contributed by atoms with Crippen molar-refractivity contribution >= 4 is 33.3 Å². The summed E-state index contributed by atoms with van der Waals surface area (Å²) in [6.07, 6.45) is -2.24. The molecule has 0 aromatic heterocycles. The van der Waals surface area contributed by atoms with Gasteiger partial charge in [-0.25, -0.2) is 13.2 Å². The van der Waals surface area contributed by atoms with E-state index in [1.807, 2.05) is 13.8 Å². The van der Waals surface area contributed by atoms with Gasteiger partial charge in [-0.15, -0.1) is 0 Å². The standard InChI is InChI=1S/C31H43F3N4O7S/c1-20-17-38(21(2)19-39)29(40)26-16-25(36-46(5,42)43)13-14-27(26)45-22(3)8-6-7-15-44-28(20)18-37(4)30(41)35-24-11-9-23(10-12-24)31(32,33)34/h9-14,16,20-22,28,36,39H,6-8,15,17-19H2,1-5H3,(H,35,41)/t20-,21-,22-,28-/m0/s1. The molecular formula is C31H43F3N4O7S. The van der Waals surface area contributed by atoms with E-state index in [2.05, 4.69) is 10.0 Å². The van der Waals surface area contributed by atoms with E-state index in [1.165, 1.54) is 41.1 Å². The van der Waals surface area contributed by atoms with Gasteiger partial charge in [-0.2, -0.15) is 13.2 Å². The van der Waals surface area contributed by atoms with Crippen molar-refractivity contribution in [2.75, 3.05) is 49.6 Å². The number of rotatable bonds is 7. The van der Waals surface area contributed by atoms with E-state index < -0.39 is 45.8 Å². The van der Waals surface area contributed by atoms with Crippen LogP contribution in [0.1, 0.15) is 56.0 Å². The maximum absolute atomic E-state index is 14.1. The summed E-state index contributed by atoms with van der Waals surface area (Å²) in [6.45, 7) is 5.62. The number of sulfonamides is 1. The average Bonchev–Trinajstić information content (AvgIpc) is 2.97. The lowest BCUT2D eigenvalue weighted by molar-refractivity contribution is -0.137. The number of benzene rings is 2. The molecule has 0 aliphatic carbocycles. The van der Waals surface area contributed by atoms with Gasteiger partial charge < -0.3 is 29.7 Å². The number of likely N-dealkylation sites (N-methyl/N-ethyl adjacent to an activating group) is 1. The van der Waals surface area contributed by atoms with Gasteiger partial charge in [0.2, 0.25) is 10.0 Å². The molecule has 0 unspecified atom stereocenters. The summed E-state index contributed by atoms with van der Waals surface area (Å²) in [5.41, 5.74) is -0.337. The van der Waals surface area contributed by atoms with Crippen LogP contribution in [0.5, 0.6) is 5.75 Å². The van der Waals surface area contributed by atoms with Crippen molar-refractivity contribution in [3.8, 4) is 5.75 Å². The average molecular weight is 673 g/mol. The van der Waals surface area contributed by atoms with Crippen LogP contribution < -0.4 is 14.8 Å². The van der Waals surface area contributed by atoms with Crippen LogP contribution in [0.4, 0.5) is 29.3 Å². The topological polar surface area (TPSA) is 138 Å². The number of anilines is 2. The zero-order valence-electron chi connectivity index (χ0n) is 26.6. The number of hydrogen-bond acceptors (Lipinski definition) is 7. The van der Waals surface area contributed by atoms with Crippen molar-refractivity contribution in [1.82, 2.24) is 9.80 Å². The number of aliphatic hydroxyl groups excluding tert-OH is 1. The molecule has 46 heavy (non-hydrogen) atoms. The van der Waals surface area contributed by atoms with Crippen LogP contribution in [0.25, 0.3) is 0 Å². The van der Waals surface area contributed by atoms with Gasteiger partial charge >= 0.3 is 12.2 Å². The first-order valence-electron chi connectivity index (χ1n) is 15.0. The monoisotopic (exact) mass is 672 g/mol. The van der Waals surface area contributed by atoms with Gasteiger partial charge in [0.05, 0.1) is 42.2 Å². The first kappa shape index (κ1) is 36.9. The summed E-state index contributed by atoms with van der Waals surface area (Å²) < 4.78 is 77.3. The fraction of sp³-hybridized carbons (Fsp3) is 0.548. The van der Waals surface area contributed by atoms with Crippen molar-refractivity contribution in [2.45, 2.75) is 64.5 Å². The van der Waals surface area contributed by atoms with Crippen LogP contribution >= 0.6 is 0 Å². The van der Waals surface area contributed by atoms with E-state index in [0.717, 1.165) is 24.8 Å². The van der Waals surface area contributed by atoms with Crippen molar-refractivity contribution < 1.29 is 45.8 Å². The Bertz CT molecular complexity index is 1440. The predicted molar refractivity (Wildman–Crippen MR) is 168 cm³/mol. The Balaban J connectivity index is 1.87. The third kappa shape index (κ3) is 10.8. The first-order valence-corrected chi connectivity index (χ1v) is 16.9. The minimum Gasteiger partial charge on any atom is -0.490 e. The molecule has 4 atom stereocenters. The van der Waals surface area contributed by atoms with Crippen molar-refractivity contribution in [1.29, 1.82) is 0 Å². The van der Waals surface area contributed by atoms with E-state index in [0.29, 0.717) is 19.4 Å². The zero-order chi connectivity index (χ0) is 34.2. The number of urea groups is 1. The third-order valence-electron chi connectivity index (χ3n) is 7.62. The summed E-state index contributed by atoms with van der Waals surface area (Å²) in [5.74, 6) is -0.566. The first-order chi connectivity index (χ1) is 21.5. The van der Waals surface area contributed by atoms with Crippen LogP contribution in [-0.4, -0.2) is 93.1 Å². The number of halogens is 3. The number of alkyl halides is 3. The maximum atomic E-state index is 14.1. The van der Waals surface area contributed by atoms with Crippen molar-refractivity contribution in [3.63, 3.8) is 0 Å². The molecule has 2 aromatic carbocycles. The highest BCUT2D eigenvalue weighted by Crippen LogP contribution is 2.31. The SMILES string of the molecule is C[C@H]1CCCCO[C@@H](CN(C)C(=O)Nc2ccc(C(F)(F)F)cc2)[C@@H](C)CN([C@@H](C)CO)C(=O)c2cc(NS(C)(=O)=O)ccc2O1. The number of ether oxygens (including phenoxy) is 2. The number of amides is 3. The van der Waals surface area contributed by atoms with E-state index in [1.54, 1.807) is 13.0 Å². The molecule has 0 spiro atoms. The molecule has 3 amide bonds. The highest BCUT2D eigenvalue weighted by atomic mass is 32.2. The molecule has 2 aromatic rings. The molecule has 1 aliphatic rings. The zero-order valence-corrected chi connectivity index (χ0v) is 27.5. The van der Waals surface area contributed by atoms with Crippen LogP contribution in [0, 0.1) is 5.92 Å². The van der Waals surface area contributed by atoms with E-state index in [4.69, 9.17) is 9.47 Å². The van der Waals surface area contributed by atoms with Crippen molar-refractivity contribution in [3.05, 3.63) is 53.6 Å². The van der Waals surface area contributed by atoms with Gasteiger partial charge in [0.15, 0.2) is 0 Å². The summed E-state index contributed by atoms with van der Waals surface area (Å²) in [7, 11) is -2.10. The lowest BCUT2D eigenvalue weighted by atomic mass is 10.0. The largest absolute Gasteiger partial charge is 0.490 e. The molecule has 15 heteroatoms. The maximum Gasteiger partial charge on any atom is 0.416 e. The highest BCUT2D eigenvalue weighted by molar-refractivity contribution is 7.92. The summed E-state index contributed by atoms with van der Waals surface area (Å²) in [5, 5.41) is 12.7. The highest BCUT2D eigenvalue weighted by Gasteiger charge is 2.32. The Morgan fingerprint density at radius 3 is 2.39 bits per heavy atom. The van der Waals surface area contributed by atoms with E-state index in [-0.39, 0.29) is 54.4 Å². The number of fused-ring (bicyclic) bond motifs is 1. The number of aliphatic hydroxyl groups is 1. The molecule has 3 N–H and O–H groups in total. The van der Waals surface area contributed by atoms with Crippen LogP contribution in [0.3, 0.4) is 0 Å². The molecule has 1 aliphatic heterocycles. The fourth-order valence-corrected chi connectivity index (χ4v) is 5.53. The van der Waals surface area contributed by atoms with E-state index >= 15 is 0 Å². The molecule has 0 radical (unpaired) electrons. The summed E-state index contributed by atoms with van der Waals surface area (Å²) in [6, 6.07) is 7.40. The summed E-state index contributed by atoms with van der Waals surface area (Å²) in [4.78, 5) is 29.9. The minimum absolute atomic E-state index is 0.0989. The molecule has 3 rings (SSSR count). The number of carbonyl (C=O) groups excluding carboxylic acids is 2. The van der Waals surface area contributed by atoms with Gasteiger partial charge in [0.25, 0.3) is 5.91 Å². The van der Waals surface area contributed by atoms with Gasteiger partial charge in [-0.1, -0.05) is 6.92 Å².